The van der Waals surface area contributed by atoms with Gasteiger partial charge in [-0.25, -0.2) is 0 Å². The number of rotatable bonds is 0. The number of hydrogen-bond acceptors (Lipinski definition) is 1. The molecule has 1 nitrogen and oxygen atoms in total. The first-order valence-electron chi connectivity index (χ1n) is 4.66. The molecule has 0 N–H and O–H groups in total. The van der Waals surface area contributed by atoms with Gasteiger partial charge < -0.3 is 0 Å². The molecule has 1 rings (SSSR count). The summed E-state index contributed by atoms with van der Waals surface area (Å²) in [6.45, 7) is 0. The van der Waals surface area contributed by atoms with E-state index >= 15 is 0 Å². The number of hydrogen-bond donors (Lipinski definition) is 0. The third kappa shape index (κ3) is 4.63. The summed E-state index contributed by atoms with van der Waals surface area (Å²) in [5.41, 5.74) is 0. The Kier molecular flexibility index (Phi) is 4.93. The quantitative estimate of drug-likeness (QED) is 0.567. The fraction of sp³-hybridized carbons (Fsp3) is 0.889. The summed E-state index contributed by atoms with van der Waals surface area (Å²) >= 11 is -0.186. The second kappa shape index (κ2) is 5.83. The Hall–Kier alpha value is 0.228. The van der Waals surface area contributed by atoms with Gasteiger partial charge in [-0.2, -0.15) is 0 Å². The molecule has 0 radical (unpaired) electrons. The van der Waals surface area contributed by atoms with E-state index in [4.69, 9.17) is 0 Å². The van der Waals surface area contributed by atoms with Gasteiger partial charge in [-0.05, 0) is 0 Å². The van der Waals surface area contributed by atoms with Crippen molar-refractivity contribution in [2.75, 3.05) is 0 Å². The van der Waals surface area contributed by atoms with Gasteiger partial charge >= 0.3 is 75.3 Å². The van der Waals surface area contributed by atoms with Gasteiger partial charge in [-0.1, -0.05) is 0 Å². The fourth-order valence-electron chi connectivity index (χ4n) is 1.43. The maximum atomic E-state index is 11.2. The Balaban J connectivity index is 2.17. The van der Waals surface area contributed by atoms with Gasteiger partial charge in [-0.3, -0.25) is 0 Å². The molecule has 2 heteroatoms. The van der Waals surface area contributed by atoms with Crippen molar-refractivity contribution in [1.82, 2.24) is 0 Å². The standard InChI is InChI=1S/C9H17AsO/c11-9-7-5-3-1-2-4-6-8-10-9/h10H,1-8H2. The van der Waals surface area contributed by atoms with Crippen molar-refractivity contribution in [2.24, 2.45) is 0 Å². The Morgan fingerprint density at radius 1 is 0.909 bits per heavy atom. The van der Waals surface area contributed by atoms with E-state index in [0.717, 1.165) is 6.42 Å². The van der Waals surface area contributed by atoms with Crippen LogP contribution in [0.1, 0.15) is 44.9 Å². The van der Waals surface area contributed by atoms with Gasteiger partial charge in [0.25, 0.3) is 0 Å². The van der Waals surface area contributed by atoms with Gasteiger partial charge in [0.2, 0.25) is 0 Å². The van der Waals surface area contributed by atoms with Crippen molar-refractivity contribution in [1.29, 1.82) is 0 Å². The van der Waals surface area contributed by atoms with Crippen molar-refractivity contribution in [3.63, 3.8) is 0 Å². The van der Waals surface area contributed by atoms with Crippen LogP contribution in [0.25, 0.3) is 0 Å². The summed E-state index contributed by atoms with van der Waals surface area (Å²) in [7, 11) is 0. The molecule has 0 aromatic carbocycles. The molecule has 1 heterocycles. The van der Waals surface area contributed by atoms with Gasteiger partial charge in [0.05, 0.1) is 0 Å². The van der Waals surface area contributed by atoms with E-state index in [2.05, 4.69) is 0 Å². The molecule has 1 unspecified atom stereocenters. The molecule has 1 fully saturated rings. The average Bonchev–Trinajstić information content (AvgIpc) is 2.03. The first kappa shape index (κ1) is 9.32. The minimum atomic E-state index is -0.186. The van der Waals surface area contributed by atoms with Crippen LogP contribution in [0, 0.1) is 0 Å². The molecule has 1 saturated heterocycles. The predicted molar refractivity (Wildman–Crippen MR) is 49.3 cm³/mol. The molecule has 0 aromatic heterocycles. The normalized spacial score (nSPS) is 25.3. The van der Waals surface area contributed by atoms with Crippen molar-refractivity contribution in [2.45, 2.75) is 50.2 Å². The van der Waals surface area contributed by atoms with Crippen LogP contribution in [-0.2, 0) is 4.79 Å². The van der Waals surface area contributed by atoms with E-state index in [0.29, 0.717) is 4.57 Å². The topological polar surface area (TPSA) is 17.1 Å². The molecular weight excluding hydrogens is 199 g/mol. The molecule has 0 aromatic rings. The number of carbonyl (C=O) groups is 1. The molecule has 0 aliphatic carbocycles. The average molecular weight is 216 g/mol. The minimum absolute atomic E-state index is 0.186. The van der Waals surface area contributed by atoms with Gasteiger partial charge in [-0.15, -0.1) is 0 Å². The van der Waals surface area contributed by atoms with E-state index in [1.165, 1.54) is 43.7 Å². The van der Waals surface area contributed by atoms with Crippen LogP contribution < -0.4 is 0 Å². The summed E-state index contributed by atoms with van der Waals surface area (Å²) in [6.07, 6.45) is 8.82. The second-order valence-electron chi connectivity index (χ2n) is 3.22. The first-order chi connectivity index (χ1) is 5.39. The van der Waals surface area contributed by atoms with Crippen LogP contribution in [0.15, 0.2) is 0 Å². The number of carbonyl (C=O) groups excluding carboxylic acids is 1. The van der Waals surface area contributed by atoms with Crippen LogP contribution >= 0.6 is 0 Å². The van der Waals surface area contributed by atoms with Gasteiger partial charge in [0.15, 0.2) is 0 Å². The molecular formula is C9H17AsO. The molecule has 1 aliphatic rings. The van der Waals surface area contributed by atoms with E-state index in [-0.39, 0.29) is 15.8 Å². The van der Waals surface area contributed by atoms with Crippen molar-refractivity contribution in [3.8, 4) is 0 Å². The third-order valence-corrected chi connectivity index (χ3v) is 4.77. The van der Waals surface area contributed by atoms with Gasteiger partial charge in [0.1, 0.15) is 0 Å². The predicted octanol–water partition coefficient (Wildman–Crippen LogP) is 2.11. The van der Waals surface area contributed by atoms with Crippen LogP contribution in [0.3, 0.4) is 0 Å². The second-order valence-corrected chi connectivity index (χ2v) is 6.18. The summed E-state index contributed by atoms with van der Waals surface area (Å²) in [6, 6.07) is 0. The van der Waals surface area contributed by atoms with Crippen LogP contribution in [0.5, 0.6) is 0 Å². The zero-order chi connectivity index (χ0) is 7.94. The monoisotopic (exact) mass is 216 g/mol. The fourth-order valence-corrected chi connectivity index (χ4v) is 3.66. The molecule has 1 aliphatic heterocycles. The molecule has 0 saturated carbocycles. The van der Waals surface area contributed by atoms with E-state index < -0.39 is 0 Å². The molecule has 0 amide bonds. The third-order valence-electron chi connectivity index (χ3n) is 2.15. The van der Waals surface area contributed by atoms with Crippen molar-refractivity contribution < 1.29 is 4.79 Å². The molecule has 0 bridgehead atoms. The van der Waals surface area contributed by atoms with E-state index in [1.54, 1.807) is 0 Å². The van der Waals surface area contributed by atoms with E-state index in [1.807, 2.05) is 0 Å². The Morgan fingerprint density at radius 3 is 2.36 bits per heavy atom. The summed E-state index contributed by atoms with van der Waals surface area (Å²) in [5.74, 6) is 0. The Bertz CT molecular complexity index is 111. The zero-order valence-corrected chi connectivity index (χ0v) is 9.16. The summed E-state index contributed by atoms with van der Waals surface area (Å²) in [4.78, 5) is 11.2. The Morgan fingerprint density at radius 2 is 1.55 bits per heavy atom. The molecule has 0 spiro atoms. The van der Waals surface area contributed by atoms with Crippen LogP contribution in [0.2, 0.25) is 5.21 Å². The maximum absolute atomic E-state index is 11.2. The Labute approximate surface area is 75.6 Å². The zero-order valence-electron chi connectivity index (χ0n) is 7.07. The SMILES string of the molecule is O=C1CCCCCCCC[AsH]1. The van der Waals surface area contributed by atoms with Gasteiger partial charge in [0, 0.05) is 0 Å². The van der Waals surface area contributed by atoms with E-state index in [9.17, 15) is 4.79 Å². The first-order valence-corrected chi connectivity index (χ1v) is 7.19. The van der Waals surface area contributed by atoms with Crippen LogP contribution in [-0.4, -0.2) is 20.3 Å². The summed E-state index contributed by atoms with van der Waals surface area (Å²) in [5, 5.41) is 1.26. The van der Waals surface area contributed by atoms with Crippen molar-refractivity contribution in [3.05, 3.63) is 0 Å². The summed E-state index contributed by atoms with van der Waals surface area (Å²) < 4.78 is 0.618. The van der Waals surface area contributed by atoms with Crippen LogP contribution in [0.4, 0.5) is 0 Å². The van der Waals surface area contributed by atoms with Crippen molar-refractivity contribution >= 4 is 20.3 Å². The molecule has 1 atom stereocenters. The molecule has 64 valence electrons. The molecule has 11 heavy (non-hydrogen) atoms.